The van der Waals surface area contributed by atoms with Crippen molar-refractivity contribution in [3.8, 4) is 18.1 Å². The second-order valence-corrected chi connectivity index (χ2v) is 4.90. The van der Waals surface area contributed by atoms with E-state index in [1.807, 2.05) is 0 Å². The highest BCUT2D eigenvalue weighted by atomic mass is 16.5. The SMILES string of the molecule is C#CCOc1ccc(NC(=O)NCC2(O)CCC2)cc1. The van der Waals surface area contributed by atoms with Gasteiger partial charge in [0.05, 0.1) is 5.60 Å². The minimum atomic E-state index is -0.718. The van der Waals surface area contributed by atoms with Gasteiger partial charge in [-0.1, -0.05) is 5.92 Å². The minimum Gasteiger partial charge on any atom is -0.481 e. The summed E-state index contributed by atoms with van der Waals surface area (Å²) in [6.45, 7) is 0.494. The van der Waals surface area contributed by atoms with Crippen molar-refractivity contribution in [2.75, 3.05) is 18.5 Å². The van der Waals surface area contributed by atoms with Crippen LogP contribution >= 0.6 is 0 Å². The Balaban J connectivity index is 1.77. The summed E-state index contributed by atoms with van der Waals surface area (Å²) in [4.78, 5) is 11.7. The van der Waals surface area contributed by atoms with Crippen LogP contribution in [0.15, 0.2) is 24.3 Å². The number of amides is 2. The summed E-state index contributed by atoms with van der Waals surface area (Å²) in [5.41, 5.74) is -0.0688. The Bertz CT molecular complexity index is 501. The van der Waals surface area contributed by atoms with E-state index in [0.29, 0.717) is 11.4 Å². The van der Waals surface area contributed by atoms with Gasteiger partial charge in [0, 0.05) is 12.2 Å². The molecule has 2 rings (SSSR count). The third kappa shape index (κ3) is 3.90. The van der Waals surface area contributed by atoms with Crippen molar-refractivity contribution < 1.29 is 14.6 Å². The van der Waals surface area contributed by atoms with Crippen LogP contribution in [0, 0.1) is 12.3 Å². The lowest BCUT2D eigenvalue weighted by atomic mass is 9.80. The number of hydrogen-bond acceptors (Lipinski definition) is 3. The molecule has 1 aromatic rings. The van der Waals surface area contributed by atoms with Gasteiger partial charge in [0.15, 0.2) is 0 Å². The number of carbonyl (C=O) groups excluding carboxylic acids is 1. The molecular weight excluding hydrogens is 256 g/mol. The van der Waals surface area contributed by atoms with Crippen molar-refractivity contribution in [2.45, 2.75) is 24.9 Å². The topological polar surface area (TPSA) is 70.6 Å². The predicted octanol–water partition coefficient (Wildman–Crippen LogP) is 1.74. The first-order valence-corrected chi connectivity index (χ1v) is 6.55. The second kappa shape index (κ2) is 6.31. The molecule has 1 saturated carbocycles. The lowest BCUT2D eigenvalue weighted by molar-refractivity contribution is -0.0287. The fourth-order valence-corrected chi connectivity index (χ4v) is 1.94. The average molecular weight is 274 g/mol. The maximum absolute atomic E-state index is 11.7. The van der Waals surface area contributed by atoms with Gasteiger partial charge in [0.25, 0.3) is 0 Å². The molecule has 1 fully saturated rings. The van der Waals surface area contributed by atoms with Crippen LogP contribution in [-0.2, 0) is 0 Å². The number of nitrogens with one attached hydrogen (secondary N) is 2. The third-order valence-corrected chi connectivity index (χ3v) is 3.30. The maximum Gasteiger partial charge on any atom is 0.319 e. The number of terminal acetylenes is 1. The van der Waals surface area contributed by atoms with Crippen LogP contribution in [0.5, 0.6) is 5.75 Å². The first kappa shape index (κ1) is 14.2. The molecule has 0 unspecified atom stereocenters. The Hall–Kier alpha value is -2.19. The zero-order valence-corrected chi connectivity index (χ0v) is 11.2. The van der Waals surface area contributed by atoms with Crippen molar-refractivity contribution in [1.82, 2.24) is 5.32 Å². The first-order valence-electron chi connectivity index (χ1n) is 6.55. The summed E-state index contributed by atoms with van der Waals surface area (Å²) in [7, 11) is 0. The second-order valence-electron chi connectivity index (χ2n) is 4.90. The Morgan fingerprint density at radius 1 is 1.40 bits per heavy atom. The van der Waals surface area contributed by atoms with E-state index in [9.17, 15) is 9.90 Å². The number of urea groups is 1. The molecule has 1 aliphatic rings. The Kier molecular flexibility index (Phi) is 4.49. The number of aliphatic hydroxyl groups is 1. The fraction of sp³-hybridized carbons (Fsp3) is 0.400. The van der Waals surface area contributed by atoms with E-state index in [0.717, 1.165) is 19.3 Å². The first-order chi connectivity index (χ1) is 9.61. The van der Waals surface area contributed by atoms with Crippen LogP contribution in [0.1, 0.15) is 19.3 Å². The molecule has 0 atom stereocenters. The van der Waals surface area contributed by atoms with Crippen LogP contribution in [0.25, 0.3) is 0 Å². The molecule has 2 amide bonds. The molecule has 1 aromatic carbocycles. The molecule has 0 saturated heterocycles. The van der Waals surface area contributed by atoms with Gasteiger partial charge in [-0.2, -0.15) is 0 Å². The highest BCUT2D eigenvalue weighted by molar-refractivity contribution is 5.89. The van der Waals surface area contributed by atoms with E-state index in [2.05, 4.69) is 16.6 Å². The smallest absolute Gasteiger partial charge is 0.319 e. The van der Waals surface area contributed by atoms with E-state index in [1.54, 1.807) is 24.3 Å². The fourth-order valence-electron chi connectivity index (χ4n) is 1.94. The average Bonchev–Trinajstić information content (AvgIpc) is 2.42. The van der Waals surface area contributed by atoms with Crippen LogP contribution in [0.3, 0.4) is 0 Å². The van der Waals surface area contributed by atoms with Crippen LogP contribution in [0.2, 0.25) is 0 Å². The normalized spacial score (nSPS) is 15.6. The van der Waals surface area contributed by atoms with Gasteiger partial charge in [0.1, 0.15) is 12.4 Å². The number of hydrogen-bond donors (Lipinski definition) is 3. The van der Waals surface area contributed by atoms with Crippen molar-refractivity contribution in [3.63, 3.8) is 0 Å². The monoisotopic (exact) mass is 274 g/mol. The lowest BCUT2D eigenvalue weighted by Crippen LogP contribution is -2.48. The molecular formula is C15H18N2O3. The number of anilines is 1. The largest absolute Gasteiger partial charge is 0.481 e. The molecule has 0 spiro atoms. The number of carbonyl (C=O) groups is 1. The third-order valence-electron chi connectivity index (χ3n) is 3.30. The maximum atomic E-state index is 11.7. The van der Waals surface area contributed by atoms with Gasteiger partial charge < -0.3 is 20.5 Å². The van der Waals surface area contributed by atoms with Crippen LogP contribution < -0.4 is 15.4 Å². The Morgan fingerprint density at radius 2 is 2.10 bits per heavy atom. The standard InChI is InChI=1S/C15H18N2O3/c1-2-10-20-13-6-4-12(5-7-13)17-14(18)16-11-15(19)8-3-9-15/h1,4-7,19H,3,8-11H2,(H2,16,17,18). The predicted molar refractivity (Wildman–Crippen MR) is 76.6 cm³/mol. The molecule has 20 heavy (non-hydrogen) atoms. The molecule has 1 aliphatic carbocycles. The van der Waals surface area contributed by atoms with Gasteiger partial charge in [-0.05, 0) is 43.5 Å². The molecule has 5 nitrogen and oxygen atoms in total. The van der Waals surface area contributed by atoms with Crippen molar-refractivity contribution in [3.05, 3.63) is 24.3 Å². The zero-order chi connectivity index (χ0) is 14.4. The van der Waals surface area contributed by atoms with Gasteiger partial charge in [-0.15, -0.1) is 6.42 Å². The molecule has 5 heteroatoms. The summed E-state index contributed by atoms with van der Waals surface area (Å²) in [5, 5.41) is 15.2. The quantitative estimate of drug-likeness (QED) is 0.716. The summed E-state index contributed by atoms with van der Waals surface area (Å²) in [5.74, 6) is 3.03. The highest BCUT2D eigenvalue weighted by Gasteiger charge is 2.34. The van der Waals surface area contributed by atoms with E-state index < -0.39 is 5.60 Å². The van der Waals surface area contributed by atoms with Crippen LogP contribution in [-0.4, -0.2) is 29.9 Å². The minimum absolute atomic E-state index is 0.214. The molecule has 0 aliphatic heterocycles. The van der Waals surface area contributed by atoms with Gasteiger partial charge in [-0.3, -0.25) is 0 Å². The van der Waals surface area contributed by atoms with Gasteiger partial charge in [0.2, 0.25) is 0 Å². The molecule has 106 valence electrons. The molecule has 0 aromatic heterocycles. The summed E-state index contributed by atoms with van der Waals surface area (Å²) < 4.78 is 5.23. The Labute approximate surface area is 118 Å². The summed E-state index contributed by atoms with van der Waals surface area (Å²) in [6, 6.07) is 6.58. The highest BCUT2D eigenvalue weighted by Crippen LogP contribution is 2.30. The summed E-state index contributed by atoms with van der Waals surface area (Å²) >= 11 is 0. The molecule has 0 bridgehead atoms. The molecule has 3 N–H and O–H groups in total. The number of ether oxygens (including phenoxy) is 1. The molecule has 0 heterocycles. The van der Waals surface area contributed by atoms with Crippen LogP contribution in [0.4, 0.5) is 10.5 Å². The van der Waals surface area contributed by atoms with Crippen molar-refractivity contribution in [2.24, 2.45) is 0 Å². The number of rotatable bonds is 5. The van der Waals surface area contributed by atoms with E-state index in [1.165, 1.54) is 0 Å². The van der Waals surface area contributed by atoms with Crippen molar-refractivity contribution >= 4 is 11.7 Å². The van der Waals surface area contributed by atoms with E-state index in [-0.39, 0.29) is 19.2 Å². The lowest BCUT2D eigenvalue weighted by Gasteiger charge is -2.36. The van der Waals surface area contributed by atoms with Crippen molar-refractivity contribution in [1.29, 1.82) is 0 Å². The van der Waals surface area contributed by atoms with Gasteiger partial charge >= 0.3 is 6.03 Å². The zero-order valence-electron chi connectivity index (χ0n) is 11.2. The van der Waals surface area contributed by atoms with Gasteiger partial charge in [-0.25, -0.2) is 4.79 Å². The summed E-state index contributed by atoms with van der Waals surface area (Å²) in [6.07, 6.45) is 7.60. The van der Waals surface area contributed by atoms with E-state index >= 15 is 0 Å². The number of benzene rings is 1. The molecule has 0 radical (unpaired) electrons. The van der Waals surface area contributed by atoms with E-state index in [4.69, 9.17) is 11.2 Å². The Morgan fingerprint density at radius 3 is 2.65 bits per heavy atom.